The SMILES string of the molecule is O=C(c1cc2ccccc2cc1O)n1c2ccccc2c2ccccc21. The van der Waals surface area contributed by atoms with Crippen molar-refractivity contribution in [3.8, 4) is 5.75 Å². The second-order valence-electron chi connectivity index (χ2n) is 6.39. The van der Waals surface area contributed by atoms with E-state index in [0.717, 1.165) is 32.6 Å². The van der Waals surface area contributed by atoms with Crippen LogP contribution in [0.2, 0.25) is 0 Å². The molecule has 0 unspecified atom stereocenters. The van der Waals surface area contributed by atoms with Crippen molar-refractivity contribution in [3.63, 3.8) is 0 Å². The molecule has 0 saturated heterocycles. The number of fused-ring (bicyclic) bond motifs is 4. The molecule has 0 atom stereocenters. The molecule has 3 heteroatoms. The number of aromatic hydroxyl groups is 1. The minimum absolute atomic E-state index is 0.00411. The molecule has 0 saturated carbocycles. The van der Waals surface area contributed by atoms with Gasteiger partial charge in [-0.2, -0.15) is 0 Å². The molecule has 26 heavy (non-hydrogen) atoms. The van der Waals surface area contributed by atoms with E-state index in [2.05, 4.69) is 0 Å². The standard InChI is InChI=1S/C23H15NO2/c25-22-14-16-8-2-1-7-15(16)13-19(22)23(26)24-20-11-5-3-9-17(20)18-10-4-6-12-21(18)24/h1-14,25H. The summed E-state index contributed by atoms with van der Waals surface area (Å²) in [7, 11) is 0. The van der Waals surface area contributed by atoms with E-state index in [1.807, 2.05) is 72.8 Å². The Bertz CT molecular complexity index is 1260. The van der Waals surface area contributed by atoms with Gasteiger partial charge in [-0.05, 0) is 35.0 Å². The van der Waals surface area contributed by atoms with Gasteiger partial charge in [0.1, 0.15) is 5.75 Å². The maximum Gasteiger partial charge on any atom is 0.266 e. The molecule has 1 N–H and O–H groups in total. The average molecular weight is 337 g/mol. The van der Waals surface area contributed by atoms with Crippen LogP contribution in [0, 0.1) is 0 Å². The van der Waals surface area contributed by atoms with Crippen LogP contribution in [0.1, 0.15) is 10.4 Å². The van der Waals surface area contributed by atoms with Crippen LogP contribution in [0.25, 0.3) is 32.6 Å². The highest BCUT2D eigenvalue weighted by molar-refractivity contribution is 6.17. The number of hydrogen-bond acceptors (Lipinski definition) is 2. The first-order valence-electron chi connectivity index (χ1n) is 8.49. The van der Waals surface area contributed by atoms with Gasteiger partial charge >= 0.3 is 0 Å². The zero-order valence-corrected chi connectivity index (χ0v) is 13.9. The Morgan fingerprint density at radius 3 is 1.81 bits per heavy atom. The zero-order valence-electron chi connectivity index (χ0n) is 13.9. The van der Waals surface area contributed by atoms with Crippen molar-refractivity contribution in [1.82, 2.24) is 4.57 Å². The summed E-state index contributed by atoms with van der Waals surface area (Å²) in [5.41, 5.74) is 1.98. The molecule has 3 nitrogen and oxygen atoms in total. The Balaban J connectivity index is 1.83. The minimum atomic E-state index is -0.231. The van der Waals surface area contributed by atoms with E-state index in [4.69, 9.17) is 0 Å². The number of aromatic nitrogens is 1. The largest absolute Gasteiger partial charge is 0.507 e. The summed E-state index contributed by atoms with van der Waals surface area (Å²) >= 11 is 0. The van der Waals surface area contributed by atoms with Crippen molar-refractivity contribution in [2.24, 2.45) is 0 Å². The number of phenols is 1. The van der Waals surface area contributed by atoms with E-state index in [1.165, 1.54) is 0 Å². The fourth-order valence-electron chi connectivity index (χ4n) is 3.66. The fourth-order valence-corrected chi connectivity index (χ4v) is 3.66. The molecule has 0 spiro atoms. The van der Waals surface area contributed by atoms with Gasteiger partial charge in [-0.3, -0.25) is 9.36 Å². The van der Waals surface area contributed by atoms with Gasteiger partial charge in [-0.15, -0.1) is 0 Å². The third-order valence-corrected chi connectivity index (χ3v) is 4.88. The van der Waals surface area contributed by atoms with E-state index in [0.29, 0.717) is 5.56 Å². The van der Waals surface area contributed by atoms with Crippen molar-refractivity contribution >= 4 is 38.5 Å². The molecule has 1 heterocycles. The predicted octanol–water partition coefficient (Wildman–Crippen LogP) is 5.34. The second kappa shape index (κ2) is 5.46. The number of nitrogens with zero attached hydrogens (tertiary/aromatic N) is 1. The third kappa shape index (κ3) is 2.04. The van der Waals surface area contributed by atoms with Gasteiger partial charge in [0.15, 0.2) is 0 Å². The lowest BCUT2D eigenvalue weighted by Crippen LogP contribution is -2.12. The van der Waals surface area contributed by atoms with Gasteiger partial charge in [0.2, 0.25) is 0 Å². The Hall–Kier alpha value is -3.59. The topological polar surface area (TPSA) is 42.2 Å². The number of hydrogen-bond donors (Lipinski definition) is 1. The lowest BCUT2D eigenvalue weighted by Gasteiger charge is -2.09. The maximum atomic E-state index is 13.4. The molecular formula is C23H15NO2. The van der Waals surface area contributed by atoms with E-state index in [1.54, 1.807) is 16.7 Å². The van der Waals surface area contributed by atoms with Gasteiger partial charge < -0.3 is 5.11 Å². The van der Waals surface area contributed by atoms with E-state index < -0.39 is 0 Å². The lowest BCUT2D eigenvalue weighted by atomic mass is 10.1. The highest BCUT2D eigenvalue weighted by atomic mass is 16.3. The van der Waals surface area contributed by atoms with Crippen LogP contribution in [0.5, 0.6) is 5.75 Å². The van der Waals surface area contributed by atoms with Crippen LogP contribution in [-0.2, 0) is 0 Å². The monoisotopic (exact) mass is 337 g/mol. The van der Waals surface area contributed by atoms with Gasteiger partial charge in [0.25, 0.3) is 5.91 Å². The summed E-state index contributed by atoms with van der Waals surface area (Å²) in [6.45, 7) is 0. The van der Waals surface area contributed by atoms with Crippen molar-refractivity contribution in [3.05, 3.63) is 90.5 Å². The van der Waals surface area contributed by atoms with Crippen molar-refractivity contribution in [2.75, 3.05) is 0 Å². The number of para-hydroxylation sites is 2. The molecule has 4 aromatic carbocycles. The maximum absolute atomic E-state index is 13.4. The normalized spacial score (nSPS) is 11.4. The number of benzene rings is 4. The molecule has 124 valence electrons. The Labute approximate surface area is 149 Å². The van der Waals surface area contributed by atoms with Gasteiger partial charge in [-0.1, -0.05) is 60.7 Å². The first kappa shape index (κ1) is 14.7. The molecule has 0 aliphatic rings. The molecule has 5 aromatic rings. The highest BCUT2D eigenvalue weighted by Gasteiger charge is 2.20. The molecule has 0 aliphatic heterocycles. The number of rotatable bonds is 1. The van der Waals surface area contributed by atoms with E-state index >= 15 is 0 Å². The van der Waals surface area contributed by atoms with Crippen molar-refractivity contribution in [1.29, 1.82) is 0 Å². The summed E-state index contributed by atoms with van der Waals surface area (Å²) in [5, 5.41) is 14.4. The Morgan fingerprint density at radius 1 is 0.692 bits per heavy atom. The van der Waals surface area contributed by atoms with Gasteiger partial charge in [0.05, 0.1) is 16.6 Å². The predicted molar refractivity (Wildman–Crippen MR) is 105 cm³/mol. The van der Waals surface area contributed by atoms with Crippen LogP contribution in [0.3, 0.4) is 0 Å². The fraction of sp³-hybridized carbons (Fsp3) is 0. The summed E-state index contributed by atoms with van der Waals surface area (Å²) in [4.78, 5) is 13.4. The molecule has 1 aromatic heterocycles. The third-order valence-electron chi connectivity index (χ3n) is 4.88. The molecule has 5 rings (SSSR count). The van der Waals surface area contributed by atoms with Crippen LogP contribution in [0.15, 0.2) is 84.9 Å². The Morgan fingerprint density at radius 2 is 1.19 bits per heavy atom. The number of carbonyl (C=O) groups excluding carboxylic acids is 1. The molecule has 0 fully saturated rings. The van der Waals surface area contributed by atoms with Crippen LogP contribution < -0.4 is 0 Å². The first-order chi connectivity index (χ1) is 12.7. The average Bonchev–Trinajstić information content (AvgIpc) is 3.01. The van der Waals surface area contributed by atoms with E-state index in [-0.39, 0.29) is 11.7 Å². The number of carbonyl (C=O) groups is 1. The van der Waals surface area contributed by atoms with Crippen molar-refractivity contribution in [2.45, 2.75) is 0 Å². The Kier molecular flexibility index (Phi) is 3.09. The summed E-state index contributed by atoms with van der Waals surface area (Å²) in [6.07, 6.45) is 0. The smallest absolute Gasteiger partial charge is 0.266 e. The first-order valence-corrected chi connectivity index (χ1v) is 8.49. The summed E-state index contributed by atoms with van der Waals surface area (Å²) < 4.78 is 1.69. The molecule has 0 bridgehead atoms. The second-order valence-corrected chi connectivity index (χ2v) is 6.39. The minimum Gasteiger partial charge on any atom is -0.507 e. The van der Waals surface area contributed by atoms with Crippen molar-refractivity contribution < 1.29 is 9.90 Å². The summed E-state index contributed by atoms with van der Waals surface area (Å²) in [6, 6.07) is 26.8. The highest BCUT2D eigenvalue weighted by Crippen LogP contribution is 2.32. The van der Waals surface area contributed by atoms with Crippen LogP contribution in [-0.4, -0.2) is 15.6 Å². The summed E-state index contributed by atoms with van der Waals surface area (Å²) in [5.74, 6) is -0.235. The van der Waals surface area contributed by atoms with Gasteiger partial charge in [-0.25, -0.2) is 0 Å². The van der Waals surface area contributed by atoms with Crippen LogP contribution in [0.4, 0.5) is 0 Å². The molecule has 0 amide bonds. The lowest BCUT2D eigenvalue weighted by molar-refractivity contribution is 0.0967. The molecular weight excluding hydrogens is 322 g/mol. The number of phenolic OH excluding ortho intramolecular Hbond substituents is 1. The quantitative estimate of drug-likeness (QED) is 0.448. The van der Waals surface area contributed by atoms with Crippen LogP contribution >= 0.6 is 0 Å². The molecule has 0 radical (unpaired) electrons. The zero-order chi connectivity index (χ0) is 17.7. The van der Waals surface area contributed by atoms with Gasteiger partial charge in [0, 0.05) is 10.8 Å². The molecule has 0 aliphatic carbocycles. The van der Waals surface area contributed by atoms with E-state index in [9.17, 15) is 9.90 Å².